The van der Waals surface area contributed by atoms with E-state index in [1.54, 1.807) is 0 Å². The lowest BCUT2D eigenvalue weighted by atomic mass is 9.81. The number of fused-ring (bicyclic) bond motifs is 1. The number of aliphatic hydroxyl groups is 1. The number of hydrogen-bond acceptors (Lipinski definition) is 2. The van der Waals surface area contributed by atoms with Gasteiger partial charge in [-0.15, -0.1) is 17.3 Å². The van der Waals surface area contributed by atoms with Gasteiger partial charge in [0, 0.05) is 4.90 Å². The molecule has 1 aliphatic rings. The van der Waals surface area contributed by atoms with Gasteiger partial charge in [-0.3, -0.25) is 0 Å². The average molecular weight is 305 g/mol. The first-order chi connectivity index (χ1) is 9.19. The fourth-order valence-electron chi connectivity index (χ4n) is 2.29. The molecule has 0 saturated heterocycles. The normalized spacial score (nSPS) is 18.7. The van der Waals surface area contributed by atoms with Crippen molar-refractivity contribution in [2.75, 3.05) is 5.75 Å². The van der Waals surface area contributed by atoms with Crippen LogP contribution in [0.4, 0.5) is 0 Å². The molecule has 2 rings (SSSR count). The first kappa shape index (κ1) is 15.7. The zero-order valence-electron chi connectivity index (χ0n) is 13.1. The van der Waals surface area contributed by atoms with Crippen molar-refractivity contribution >= 4 is 19.8 Å². The third-order valence-corrected chi connectivity index (χ3v) is 5.59. The van der Waals surface area contributed by atoms with E-state index < -0.39 is 14.2 Å². The van der Waals surface area contributed by atoms with Crippen LogP contribution >= 0.6 is 11.8 Å². The SMILES string of the molecule is CC1(C)CCSc2ccc(C(O)C#C[Si](C)(C)C)cc21. The van der Waals surface area contributed by atoms with Gasteiger partial charge in [0.15, 0.2) is 0 Å². The van der Waals surface area contributed by atoms with Crippen LogP contribution in [-0.4, -0.2) is 18.9 Å². The fraction of sp³-hybridized carbons (Fsp3) is 0.529. The second-order valence-corrected chi connectivity index (χ2v) is 13.0. The predicted molar refractivity (Wildman–Crippen MR) is 90.9 cm³/mol. The van der Waals surface area contributed by atoms with Gasteiger partial charge in [-0.25, -0.2) is 0 Å². The van der Waals surface area contributed by atoms with E-state index in [4.69, 9.17) is 0 Å². The van der Waals surface area contributed by atoms with Gasteiger partial charge in [-0.2, -0.15) is 0 Å². The van der Waals surface area contributed by atoms with Crippen LogP contribution in [0.25, 0.3) is 0 Å². The van der Waals surface area contributed by atoms with E-state index in [0.29, 0.717) is 0 Å². The summed E-state index contributed by atoms with van der Waals surface area (Å²) >= 11 is 1.92. The molecule has 0 aromatic heterocycles. The topological polar surface area (TPSA) is 20.2 Å². The molecule has 0 amide bonds. The lowest BCUT2D eigenvalue weighted by Crippen LogP contribution is -2.23. The Morgan fingerprint density at radius 2 is 2.00 bits per heavy atom. The van der Waals surface area contributed by atoms with Crippen LogP contribution in [0.2, 0.25) is 19.6 Å². The van der Waals surface area contributed by atoms with Crippen LogP contribution in [0.15, 0.2) is 23.1 Å². The van der Waals surface area contributed by atoms with Gasteiger partial charge in [0.2, 0.25) is 0 Å². The second-order valence-electron chi connectivity index (χ2n) is 7.16. The third-order valence-electron chi connectivity index (χ3n) is 3.62. The minimum Gasteiger partial charge on any atom is -0.376 e. The Morgan fingerprint density at radius 3 is 2.65 bits per heavy atom. The highest BCUT2D eigenvalue weighted by molar-refractivity contribution is 7.99. The summed E-state index contributed by atoms with van der Waals surface area (Å²) in [6, 6.07) is 6.33. The average Bonchev–Trinajstić information content (AvgIpc) is 2.34. The van der Waals surface area contributed by atoms with Crippen molar-refractivity contribution in [1.82, 2.24) is 0 Å². The molecule has 1 aromatic rings. The van der Waals surface area contributed by atoms with E-state index in [0.717, 1.165) is 5.56 Å². The fourth-order valence-corrected chi connectivity index (χ4v) is 4.35. The van der Waals surface area contributed by atoms with Crippen LogP contribution in [0.1, 0.15) is 37.5 Å². The first-order valence-electron chi connectivity index (χ1n) is 7.17. The summed E-state index contributed by atoms with van der Waals surface area (Å²) in [6.07, 6.45) is 0.528. The van der Waals surface area contributed by atoms with Crippen molar-refractivity contribution in [1.29, 1.82) is 0 Å². The Balaban J connectivity index is 2.33. The van der Waals surface area contributed by atoms with E-state index in [1.807, 2.05) is 17.8 Å². The molecule has 0 fully saturated rings. The van der Waals surface area contributed by atoms with Gasteiger partial charge >= 0.3 is 0 Å². The Labute approximate surface area is 128 Å². The molecule has 1 unspecified atom stereocenters. The van der Waals surface area contributed by atoms with Gasteiger partial charge in [0.25, 0.3) is 0 Å². The van der Waals surface area contributed by atoms with Crippen LogP contribution < -0.4 is 0 Å². The van der Waals surface area contributed by atoms with E-state index >= 15 is 0 Å². The summed E-state index contributed by atoms with van der Waals surface area (Å²) in [5.74, 6) is 4.21. The van der Waals surface area contributed by atoms with Gasteiger partial charge in [0.1, 0.15) is 14.2 Å². The van der Waals surface area contributed by atoms with Crippen LogP contribution in [0.5, 0.6) is 0 Å². The standard InChI is InChI=1S/C17H24OSSi/c1-17(2)9-10-19-16-7-6-13(12-14(16)17)15(18)8-11-20(3,4)5/h6-7,12,15,18H,9-10H2,1-5H3. The summed E-state index contributed by atoms with van der Waals surface area (Å²) < 4.78 is 0. The maximum Gasteiger partial charge on any atom is 0.139 e. The van der Waals surface area contributed by atoms with E-state index in [-0.39, 0.29) is 5.41 Å². The zero-order valence-corrected chi connectivity index (χ0v) is 14.9. The molecule has 1 atom stereocenters. The summed E-state index contributed by atoms with van der Waals surface area (Å²) in [6.45, 7) is 11.2. The maximum absolute atomic E-state index is 10.3. The van der Waals surface area contributed by atoms with Crippen LogP contribution in [0, 0.1) is 11.5 Å². The van der Waals surface area contributed by atoms with Crippen molar-refractivity contribution in [2.45, 2.75) is 56.3 Å². The monoisotopic (exact) mass is 304 g/mol. The van der Waals surface area contributed by atoms with Crippen molar-refractivity contribution in [3.63, 3.8) is 0 Å². The third kappa shape index (κ3) is 3.69. The molecule has 1 heterocycles. The van der Waals surface area contributed by atoms with E-state index in [2.05, 4.69) is 57.1 Å². The highest BCUT2D eigenvalue weighted by Crippen LogP contribution is 2.42. The highest BCUT2D eigenvalue weighted by Gasteiger charge is 2.28. The van der Waals surface area contributed by atoms with Crippen LogP contribution in [-0.2, 0) is 5.41 Å². The van der Waals surface area contributed by atoms with Crippen molar-refractivity contribution < 1.29 is 5.11 Å². The Kier molecular flexibility index (Phi) is 4.39. The molecule has 0 spiro atoms. The minimum atomic E-state index is -1.43. The smallest absolute Gasteiger partial charge is 0.139 e. The summed E-state index contributed by atoms with van der Waals surface area (Å²) in [7, 11) is -1.43. The number of aliphatic hydroxyl groups excluding tert-OH is 1. The number of hydrogen-bond donors (Lipinski definition) is 1. The molecule has 1 N–H and O–H groups in total. The Morgan fingerprint density at radius 1 is 1.30 bits per heavy atom. The molecule has 20 heavy (non-hydrogen) atoms. The summed E-state index contributed by atoms with van der Waals surface area (Å²) in [5.41, 5.74) is 5.75. The van der Waals surface area contributed by atoms with Gasteiger partial charge in [-0.1, -0.05) is 51.5 Å². The largest absolute Gasteiger partial charge is 0.376 e. The molecule has 0 aliphatic carbocycles. The molecular formula is C17H24OSSi. The second kappa shape index (κ2) is 5.59. The highest BCUT2D eigenvalue weighted by atomic mass is 32.2. The zero-order chi connectivity index (χ0) is 15.0. The lowest BCUT2D eigenvalue weighted by Gasteiger charge is -2.32. The summed E-state index contributed by atoms with van der Waals surface area (Å²) in [5, 5.41) is 10.3. The molecule has 108 valence electrons. The number of thioether (sulfide) groups is 1. The first-order valence-corrected chi connectivity index (χ1v) is 11.7. The minimum absolute atomic E-state index is 0.197. The maximum atomic E-state index is 10.3. The van der Waals surface area contributed by atoms with Gasteiger partial charge in [0.05, 0.1) is 0 Å². The van der Waals surface area contributed by atoms with Crippen molar-refractivity contribution in [2.24, 2.45) is 0 Å². The lowest BCUT2D eigenvalue weighted by molar-refractivity contribution is 0.238. The molecule has 0 saturated carbocycles. The molecule has 0 bridgehead atoms. The van der Waals surface area contributed by atoms with Gasteiger partial charge in [-0.05, 0) is 34.8 Å². The van der Waals surface area contributed by atoms with E-state index in [1.165, 1.54) is 22.6 Å². The molecule has 1 aliphatic heterocycles. The van der Waals surface area contributed by atoms with E-state index in [9.17, 15) is 5.11 Å². The molecule has 1 nitrogen and oxygen atoms in total. The molecule has 1 aromatic carbocycles. The molecule has 3 heteroatoms. The van der Waals surface area contributed by atoms with Crippen molar-refractivity contribution in [3.8, 4) is 11.5 Å². The quantitative estimate of drug-likeness (QED) is 0.614. The number of benzene rings is 1. The Hall–Kier alpha value is -0.693. The predicted octanol–water partition coefficient (Wildman–Crippen LogP) is 4.37. The van der Waals surface area contributed by atoms with Crippen molar-refractivity contribution in [3.05, 3.63) is 29.3 Å². The van der Waals surface area contributed by atoms with Gasteiger partial charge < -0.3 is 5.11 Å². The molecule has 0 radical (unpaired) electrons. The van der Waals surface area contributed by atoms with Crippen LogP contribution in [0.3, 0.4) is 0 Å². The Bertz CT molecular complexity index is 561. The summed E-state index contributed by atoms with van der Waals surface area (Å²) in [4.78, 5) is 1.36. The number of rotatable bonds is 1. The molecular weight excluding hydrogens is 280 g/mol.